The maximum absolute atomic E-state index is 13.4. The summed E-state index contributed by atoms with van der Waals surface area (Å²) in [5.74, 6) is 1.12. The van der Waals surface area contributed by atoms with E-state index in [0.29, 0.717) is 42.2 Å². The first-order valence-electron chi connectivity index (χ1n) is 12.3. The molecule has 0 aliphatic carbocycles. The molecule has 0 spiro atoms. The summed E-state index contributed by atoms with van der Waals surface area (Å²) in [5, 5.41) is 3.11. The van der Waals surface area contributed by atoms with Crippen molar-refractivity contribution in [1.29, 1.82) is 0 Å². The van der Waals surface area contributed by atoms with Gasteiger partial charge in [-0.15, -0.1) is 0 Å². The van der Waals surface area contributed by atoms with Crippen molar-refractivity contribution >= 4 is 11.8 Å². The first kappa shape index (κ1) is 22.7. The molecule has 0 aromatic heterocycles. The molecule has 3 aliphatic heterocycles. The molecule has 0 saturated carbocycles. The zero-order valence-electron chi connectivity index (χ0n) is 20.0. The maximum Gasteiger partial charge on any atom is 0.255 e. The van der Waals surface area contributed by atoms with Gasteiger partial charge in [0.1, 0.15) is 6.04 Å². The predicted molar refractivity (Wildman–Crippen MR) is 129 cm³/mol. The topological polar surface area (TPSA) is 71.1 Å². The number of nitrogens with one attached hydrogen (secondary N) is 1. The summed E-state index contributed by atoms with van der Waals surface area (Å²) in [6.45, 7) is 6.69. The number of rotatable bonds is 7. The molecule has 7 nitrogen and oxygen atoms in total. The van der Waals surface area contributed by atoms with Crippen molar-refractivity contribution < 1.29 is 19.1 Å². The quantitative estimate of drug-likeness (QED) is 0.631. The van der Waals surface area contributed by atoms with E-state index in [1.165, 1.54) is 19.3 Å². The number of benzene rings is 2. The number of nitrogens with zero attached hydrogens (tertiary/aromatic N) is 2. The molecule has 2 aromatic carbocycles. The zero-order valence-corrected chi connectivity index (χ0v) is 20.0. The summed E-state index contributed by atoms with van der Waals surface area (Å²) < 4.78 is 10.9. The Morgan fingerprint density at radius 3 is 2.65 bits per heavy atom. The van der Waals surface area contributed by atoms with Gasteiger partial charge in [-0.25, -0.2) is 0 Å². The van der Waals surface area contributed by atoms with Gasteiger partial charge in [0.2, 0.25) is 12.7 Å². The predicted octanol–water partition coefficient (Wildman–Crippen LogP) is 3.88. The van der Waals surface area contributed by atoms with Gasteiger partial charge in [0.15, 0.2) is 11.5 Å². The van der Waals surface area contributed by atoms with Crippen LogP contribution in [-0.4, -0.2) is 53.6 Å². The van der Waals surface area contributed by atoms with Crippen molar-refractivity contribution in [3.8, 4) is 11.5 Å². The van der Waals surface area contributed by atoms with E-state index in [1.54, 1.807) is 11.0 Å². The Morgan fingerprint density at radius 2 is 1.82 bits per heavy atom. The van der Waals surface area contributed by atoms with Crippen LogP contribution >= 0.6 is 0 Å². The summed E-state index contributed by atoms with van der Waals surface area (Å²) in [6.07, 6.45) is 4.67. The molecule has 3 aliphatic rings. The lowest BCUT2D eigenvalue weighted by atomic mass is 9.97. The lowest BCUT2D eigenvalue weighted by Crippen LogP contribution is -2.45. The third kappa shape index (κ3) is 4.37. The molecule has 1 fully saturated rings. The monoisotopic (exact) mass is 463 g/mol. The minimum atomic E-state index is -0.637. The summed E-state index contributed by atoms with van der Waals surface area (Å²) in [4.78, 5) is 30.8. The minimum absolute atomic E-state index is 0.121. The van der Waals surface area contributed by atoms with E-state index >= 15 is 0 Å². The van der Waals surface area contributed by atoms with Crippen LogP contribution < -0.4 is 14.8 Å². The van der Waals surface area contributed by atoms with Crippen LogP contribution in [0.15, 0.2) is 42.5 Å². The number of carbonyl (C=O) groups is 2. The number of ether oxygens (including phenoxy) is 2. The largest absolute Gasteiger partial charge is 0.454 e. The van der Waals surface area contributed by atoms with E-state index in [2.05, 4.69) is 24.1 Å². The van der Waals surface area contributed by atoms with Crippen LogP contribution in [0.3, 0.4) is 0 Å². The van der Waals surface area contributed by atoms with Crippen molar-refractivity contribution in [2.45, 2.75) is 64.2 Å². The number of fused-ring (bicyclic) bond motifs is 2. The van der Waals surface area contributed by atoms with Gasteiger partial charge in [-0.1, -0.05) is 30.7 Å². The van der Waals surface area contributed by atoms with Crippen molar-refractivity contribution in [1.82, 2.24) is 15.1 Å². The molecule has 0 unspecified atom stereocenters. The number of likely N-dealkylation sites (tertiary alicyclic amines) is 1. The number of hydrogen-bond donors (Lipinski definition) is 1. The van der Waals surface area contributed by atoms with Crippen LogP contribution in [0.1, 0.15) is 67.1 Å². The molecule has 0 radical (unpaired) electrons. The van der Waals surface area contributed by atoms with E-state index in [-0.39, 0.29) is 18.6 Å². The second-order valence-electron chi connectivity index (χ2n) is 9.62. The lowest BCUT2D eigenvalue weighted by Gasteiger charge is -2.39. The fourth-order valence-electron chi connectivity index (χ4n) is 5.54. The normalized spacial score (nSPS) is 23.8. The van der Waals surface area contributed by atoms with Crippen LogP contribution in [0.4, 0.5) is 0 Å². The highest BCUT2D eigenvalue weighted by Gasteiger charge is 2.40. The Balaban J connectivity index is 1.26. The fraction of sp³-hybridized carbons (Fsp3) is 0.481. The van der Waals surface area contributed by atoms with Crippen molar-refractivity contribution in [3.63, 3.8) is 0 Å². The van der Waals surface area contributed by atoms with Gasteiger partial charge in [-0.3, -0.25) is 14.5 Å². The standard InChI is InChI=1S/C27H33N3O4/c1-18-7-5-8-19(2)29(18)14-6-13-28-26(31)25-21-9-3-4-10-22(21)27(32)30(25)16-20-11-12-23-24(15-20)34-17-33-23/h3-4,9-12,15,18-19,25H,5-8,13-14,16-17H2,1-2H3,(H,28,31)/t18-,19-,25-/m1/s1. The van der Waals surface area contributed by atoms with Crippen LogP contribution in [-0.2, 0) is 11.3 Å². The van der Waals surface area contributed by atoms with Crippen molar-refractivity contribution in [3.05, 3.63) is 59.2 Å². The number of hydrogen-bond acceptors (Lipinski definition) is 5. The minimum Gasteiger partial charge on any atom is -0.454 e. The summed E-state index contributed by atoms with van der Waals surface area (Å²) in [5.41, 5.74) is 2.26. The molecule has 3 atom stereocenters. The second-order valence-corrected chi connectivity index (χ2v) is 9.62. The second kappa shape index (κ2) is 9.66. The van der Waals surface area contributed by atoms with E-state index in [4.69, 9.17) is 9.47 Å². The van der Waals surface area contributed by atoms with Gasteiger partial charge in [0.25, 0.3) is 5.91 Å². The molecule has 5 rings (SSSR count). The Bertz CT molecular complexity index is 1060. The number of piperidine rings is 1. The van der Waals surface area contributed by atoms with Gasteiger partial charge >= 0.3 is 0 Å². The first-order valence-corrected chi connectivity index (χ1v) is 12.3. The molecule has 3 heterocycles. The maximum atomic E-state index is 13.4. The Labute approximate surface area is 201 Å². The highest BCUT2D eigenvalue weighted by atomic mass is 16.7. The van der Waals surface area contributed by atoms with Crippen LogP contribution in [0.25, 0.3) is 0 Å². The smallest absolute Gasteiger partial charge is 0.255 e. The first-order chi connectivity index (χ1) is 16.5. The van der Waals surface area contributed by atoms with Gasteiger partial charge in [-0.2, -0.15) is 0 Å². The molecule has 34 heavy (non-hydrogen) atoms. The van der Waals surface area contributed by atoms with Gasteiger partial charge in [0, 0.05) is 37.3 Å². The van der Waals surface area contributed by atoms with E-state index < -0.39 is 6.04 Å². The zero-order chi connectivity index (χ0) is 23.7. The molecule has 0 bridgehead atoms. The highest BCUT2D eigenvalue weighted by molar-refractivity contribution is 6.04. The summed E-state index contributed by atoms with van der Waals surface area (Å²) in [7, 11) is 0. The molecule has 1 saturated heterocycles. The summed E-state index contributed by atoms with van der Waals surface area (Å²) >= 11 is 0. The average molecular weight is 464 g/mol. The summed E-state index contributed by atoms with van der Waals surface area (Å²) in [6, 6.07) is 13.6. The van der Waals surface area contributed by atoms with Crippen LogP contribution in [0.2, 0.25) is 0 Å². The van der Waals surface area contributed by atoms with Crippen molar-refractivity contribution in [2.75, 3.05) is 19.9 Å². The Hall–Kier alpha value is -3.06. The van der Waals surface area contributed by atoms with Gasteiger partial charge < -0.3 is 19.7 Å². The molecular weight excluding hydrogens is 430 g/mol. The SMILES string of the molecule is C[C@@H]1CCC[C@@H](C)N1CCCNC(=O)[C@H]1c2ccccc2C(=O)N1Cc1ccc2c(c1)OCO2. The number of carbonyl (C=O) groups excluding carboxylic acids is 2. The molecule has 2 amide bonds. The fourth-order valence-corrected chi connectivity index (χ4v) is 5.54. The van der Waals surface area contributed by atoms with Crippen molar-refractivity contribution in [2.24, 2.45) is 0 Å². The van der Waals surface area contributed by atoms with Crippen LogP contribution in [0.5, 0.6) is 11.5 Å². The molecule has 2 aromatic rings. The van der Waals surface area contributed by atoms with Crippen LogP contribution in [0, 0.1) is 0 Å². The number of amides is 2. The molecule has 7 heteroatoms. The average Bonchev–Trinajstić information content (AvgIpc) is 3.41. The third-order valence-electron chi connectivity index (χ3n) is 7.36. The lowest BCUT2D eigenvalue weighted by molar-refractivity contribution is -0.125. The highest BCUT2D eigenvalue weighted by Crippen LogP contribution is 2.37. The van der Waals surface area contributed by atoms with E-state index in [9.17, 15) is 9.59 Å². The van der Waals surface area contributed by atoms with E-state index in [0.717, 1.165) is 24.1 Å². The van der Waals surface area contributed by atoms with Gasteiger partial charge in [0.05, 0.1) is 0 Å². The molecule has 1 N–H and O–H groups in total. The molecular formula is C27H33N3O4. The van der Waals surface area contributed by atoms with E-state index in [1.807, 2.05) is 36.4 Å². The molecule has 180 valence electrons. The Kier molecular flexibility index (Phi) is 6.46. The third-order valence-corrected chi connectivity index (χ3v) is 7.36. The van der Waals surface area contributed by atoms with Gasteiger partial charge in [-0.05, 0) is 62.4 Å². The Morgan fingerprint density at radius 1 is 1.06 bits per heavy atom.